The molecular formula is C12H15N3O2. The lowest BCUT2D eigenvalue weighted by molar-refractivity contribution is -0.109. The maximum atomic E-state index is 10.2. The number of benzene rings is 1. The number of aromatic nitrogens is 1. The van der Waals surface area contributed by atoms with Crippen molar-refractivity contribution in [3.05, 3.63) is 30.0 Å². The number of methoxy groups -OCH3 is 1. The molecule has 2 aromatic rings. The monoisotopic (exact) mass is 233 g/mol. The lowest BCUT2D eigenvalue weighted by Crippen LogP contribution is -2.14. The molecule has 0 aliphatic carbocycles. The summed E-state index contributed by atoms with van der Waals surface area (Å²) in [4.78, 5) is 10.2. The summed E-state index contributed by atoms with van der Waals surface area (Å²) in [5, 5.41) is 3.69. The molecule has 5 nitrogen and oxygen atoms in total. The first-order valence-electron chi connectivity index (χ1n) is 5.36. The molecule has 0 aliphatic heterocycles. The van der Waals surface area contributed by atoms with E-state index >= 15 is 0 Å². The van der Waals surface area contributed by atoms with Crippen LogP contribution in [0.5, 0.6) is 5.75 Å². The summed E-state index contributed by atoms with van der Waals surface area (Å²) >= 11 is 0. The Morgan fingerprint density at radius 1 is 1.53 bits per heavy atom. The minimum atomic E-state index is 0.597. The number of carbonyl (C=O) groups is 1. The molecule has 0 bridgehead atoms. The van der Waals surface area contributed by atoms with Gasteiger partial charge < -0.3 is 15.9 Å². The van der Waals surface area contributed by atoms with Gasteiger partial charge in [-0.05, 0) is 30.2 Å². The predicted octanol–water partition coefficient (Wildman–Crippen LogP) is 0.652. The van der Waals surface area contributed by atoms with Crippen molar-refractivity contribution in [2.75, 3.05) is 19.5 Å². The number of amides is 1. The summed E-state index contributed by atoms with van der Waals surface area (Å²) in [7, 11) is 1.63. The van der Waals surface area contributed by atoms with Gasteiger partial charge in [0, 0.05) is 18.1 Å². The van der Waals surface area contributed by atoms with E-state index in [1.165, 1.54) is 0 Å². The molecule has 0 unspecified atom stereocenters. The van der Waals surface area contributed by atoms with Crippen molar-refractivity contribution in [1.29, 1.82) is 0 Å². The van der Waals surface area contributed by atoms with Crippen molar-refractivity contribution in [3.63, 3.8) is 0 Å². The molecule has 1 aromatic carbocycles. The molecule has 0 atom stereocenters. The van der Waals surface area contributed by atoms with Crippen LogP contribution in [0.2, 0.25) is 0 Å². The number of nitrogen functional groups attached to an aromatic ring is 1. The van der Waals surface area contributed by atoms with Gasteiger partial charge in [0.1, 0.15) is 5.75 Å². The molecule has 0 saturated carbocycles. The summed E-state index contributed by atoms with van der Waals surface area (Å²) in [6.07, 6.45) is 3.31. The molecule has 17 heavy (non-hydrogen) atoms. The van der Waals surface area contributed by atoms with Crippen LogP contribution in [0.1, 0.15) is 5.56 Å². The van der Waals surface area contributed by atoms with Gasteiger partial charge in [-0.2, -0.15) is 0 Å². The van der Waals surface area contributed by atoms with E-state index in [1.807, 2.05) is 24.4 Å². The Kier molecular flexibility index (Phi) is 3.18. The van der Waals surface area contributed by atoms with Crippen LogP contribution < -0.4 is 15.9 Å². The Labute approximate surface area is 99.1 Å². The maximum Gasteiger partial charge on any atom is 0.207 e. The molecule has 0 radical (unpaired) electrons. The van der Waals surface area contributed by atoms with Crippen LogP contribution in [0.3, 0.4) is 0 Å². The molecule has 1 amide bonds. The van der Waals surface area contributed by atoms with Gasteiger partial charge in [-0.1, -0.05) is 0 Å². The third kappa shape index (κ3) is 2.18. The molecule has 0 aliphatic rings. The van der Waals surface area contributed by atoms with Gasteiger partial charge in [-0.3, -0.25) is 9.47 Å². The fourth-order valence-electron chi connectivity index (χ4n) is 1.90. The average molecular weight is 233 g/mol. The third-order valence-corrected chi connectivity index (χ3v) is 2.74. The van der Waals surface area contributed by atoms with Crippen molar-refractivity contribution >= 4 is 17.3 Å². The SMILES string of the molecule is COc1ccc2c(c1)c(CCNC=O)cn2N. The van der Waals surface area contributed by atoms with Crippen LogP contribution in [0.25, 0.3) is 10.9 Å². The fourth-order valence-corrected chi connectivity index (χ4v) is 1.90. The zero-order chi connectivity index (χ0) is 12.3. The smallest absolute Gasteiger partial charge is 0.207 e. The number of fused-ring (bicyclic) bond motifs is 1. The van der Waals surface area contributed by atoms with Crippen LogP contribution in [-0.2, 0) is 11.2 Å². The predicted molar refractivity (Wildman–Crippen MR) is 66.4 cm³/mol. The molecule has 1 heterocycles. The molecule has 0 fully saturated rings. The Hall–Kier alpha value is -2.17. The quantitative estimate of drug-likeness (QED) is 0.452. The number of nitrogens with two attached hydrogens (primary N) is 1. The van der Waals surface area contributed by atoms with Gasteiger partial charge >= 0.3 is 0 Å². The van der Waals surface area contributed by atoms with E-state index in [0.717, 1.165) is 28.6 Å². The van der Waals surface area contributed by atoms with E-state index in [9.17, 15) is 4.79 Å². The van der Waals surface area contributed by atoms with E-state index in [4.69, 9.17) is 10.6 Å². The molecular weight excluding hydrogens is 218 g/mol. The van der Waals surface area contributed by atoms with Gasteiger partial charge in [0.2, 0.25) is 6.41 Å². The van der Waals surface area contributed by atoms with Crippen molar-refractivity contribution in [2.24, 2.45) is 0 Å². The third-order valence-electron chi connectivity index (χ3n) is 2.74. The molecule has 0 spiro atoms. The Morgan fingerprint density at radius 3 is 3.06 bits per heavy atom. The highest BCUT2D eigenvalue weighted by molar-refractivity contribution is 5.85. The topological polar surface area (TPSA) is 69.3 Å². The number of nitrogens with zero attached hydrogens (tertiary/aromatic N) is 1. The molecule has 3 N–H and O–H groups in total. The number of hydrogen-bond acceptors (Lipinski definition) is 3. The minimum Gasteiger partial charge on any atom is -0.497 e. The summed E-state index contributed by atoms with van der Waals surface area (Å²) in [6.45, 7) is 0.597. The van der Waals surface area contributed by atoms with Crippen molar-refractivity contribution in [1.82, 2.24) is 9.99 Å². The van der Waals surface area contributed by atoms with E-state index in [1.54, 1.807) is 11.8 Å². The average Bonchev–Trinajstić information content (AvgIpc) is 2.66. The van der Waals surface area contributed by atoms with E-state index in [0.29, 0.717) is 13.0 Å². The van der Waals surface area contributed by atoms with Crippen molar-refractivity contribution < 1.29 is 9.53 Å². The van der Waals surface area contributed by atoms with Crippen molar-refractivity contribution in [2.45, 2.75) is 6.42 Å². The largest absolute Gasteiger partial charge is 0.497 e. The van der Waals surface area contributed by atoms with Crippen LogP contribution in [0, 0.1) is 0 Å². The summed E-state index contributed by atoms with van der Waals surface area (Å²) in [5.74, 6) is 6.66. The Morgan fingerprint density at radius 2 is 2.35 bits per heavy atom. The van der Waals surface area contributed by atoms with E-state index < -0.39 is 0 Å². The maximum absolute atomic E-state index is 10.2. The second-order valence-corrected chi connectivity index (χ2v) is 3.77. The van der Waals surface area contributed by atoms with Gasteiger partial charge in [0.15, 0.2) is 0 Å². The lowest BCUT2D eigenvalue weighted by Gasteiger charge is -2.02. The highest BCUT2D eigenvalue weighted by Gasteiger charge is 2.07. The van der Waals surface area contributed by atoms with Gasteiger partial charge in [-0.25, -0.2) is 0 Å². The second kappa shape index (κ2) is 4.78. The van der Waals surface area contributed by atoms with E-state index in [-0.39, 0.29) is 0 Å². The first-order chi connectivity index (χ1) is 8.26. The second-order valence-electron chi connectivity index (χ2n) is 3.77. The summed E-state index contributed by atoms with van der Waals surface area (Å²) < 4.78 is 6.78. The van der Waals surface area contributed by atoms with Gasteiger partial charge in [0.25, 0.3) is 0 Å². The summed E-state index contributed by atoms with van der Waals surface area (Å²) in [5.41, 5.74) is 2.04. The summed E-state index contributed by atoms with van der Waals surface area (Å²) in [6, 6.07) is 5.75. The fraction of sp³-hybridized carbons (Fsp3) is 0.250. The number of nitrogens with one attached hydrogen (secondary N) is 1. The van der Waals surface area contributed by atoms with E-state index in [2.05, 4.69) is 5.32 Å². The normalized spacial score (nSPS) is 10.4. The zero-order valence-electron chi connectivity index (χ0n) is 9.64. The number of ether oxygens (including phenoxy) is 1. The minimum absolute atomic E-state index is 0.597. The number of hydrogen-bond donors (Lipinski definition) is 2. The standard InChI is InChI=1S/C12H15N3O2/c1-17-10-2-3-12-11(6-10)9(7-15(12)13)4-5-14-8-16/h2-3,6-8H,4-5,13H2,1H3,(H,14,16). The molecule has 0 saturated heterocycles. The van der Waals surface area contributed by atoms with Crippen LogP contribution in [0.15, 0.2) is 24.4 Å². The van der Waals surface area contributed by atoms with Crippen molar-refractivity contribution in [3.8, 4) is 5.75 Å². The Bertz CT molecular complexity index is 534. The highest BCUT2D eigenvalue weighted by Crippen LogP contribution is 2.24. The first kappa shape index (κ1) is 11.3. The molecule has 2 rings (SSSR count). The van der Waals surface area contributed by atoms with Gasteiger partial charge in [-0.15, -0.1) is 0 Å². The molecule has 1 aromatic heterocycles. The van der Waals surface area contributed by atoms with Crippen LogP contribution in [-0.4, -0.2) is 24.7 Å². The Balaban J connectivity index is 2.37. The molecule has 5 heteroatoms. The lowest BCUT2D eigenvalue weighted by atomic mass is 10.1. The first-order valence-corrected chi connectivity index (χ1v) is 5.36. The number of rotatable bonds is 5. The van der Waals surface area contributed by atoms with Crippen LogP contribution in [0.4, 0.5) is 0 Å². The number of carbonyl (C=O) groups excluding carboxylic acids is 1. The zero-order valence-corrected chi connectivity index (χ0v) is 9.64. The molecule has 90 valence electrons. The van der Waals surface area contributed by atoms with Gasteiger partial charge in [0.05, 0.1) is 12.6 Å². The highest BCUT2D eigenvalue weighted by atomic mass is 16.5. The van der Waals surface area contributed by atoms with Crippen LogP contribution >= 0.6 is 0 Å².